The lowest BCUT2D eigenvalue weighted by molar-refractivity contribution is -0.119. The zero-order valence-electron chi connectivity index (χ0n) is 15.2. The van der Waals surface area contributed by atoms with E-state index in [-0.39, 0.29) is 23.8 Å². The molecular formula is C21H22N2O4. The van der Waals surface area contributed by atoms with Crippen molar-refractivity contribution in [3.63, 3.8) is 0 Å². The first-order valence-corrected chi connectivity index (χ1v) is 9.03. The van der Waals surface area contributed by atoms with Crippen LogP contribution in [0, 0.1) is 0 Å². The van der Waals surface area contributed by atoms with Gasteiger partial charge in [0.1, 0.15) is 0 Å². The molecule has 0 radical (unpaired) electrons. The number of aryl methyl sites for hydroxylation is 1. The van der Waals surface area contributed by atoms with Crippen LogP contribution in [0.5, 0.6) is 0 Å². The van der Waals surface area contributed by atoms with Crippen molar-refractivity contribution in [1.29, 1.82) is 0 Å². The van der Waals surface area contributed by atoms with Crippen LogP contribution < -0.4 is 10.2 Å². The molecule has 1 aliphatic heterocycles. The van der Waals surface area contributed by atoms with Gasteiger partial charge in [-0.25, -0.2) is 4.79 Å². The smallest absolute Gasteiger partial charge is 0.335 e. The average Bonchev–Trinajstić information content (AvgIpc) is 2.64. The summed E-state index contributed by atoms with van der Waals surface area (Å²) in [4.78, 5) is 37.1. The Morgan fingerprint density at radius 3 is 2.52 bits per heavy atom. The number of anilines is 2. The maximum atomic E-state index is 12.3. The third-order valence-electron chi connectivity index (χ3n) is 4.58. The summed E-state index contributed by atoms with van der Waals surface area (Å²) < 4.78 is 0. The Kier molecular flexibility index (Phi) is 5.54. The summed E-state index contributed by atoms with van der Waals surface area (Å²) in [5.74, 6) is -1.02. The maximum Gasteiger partial charge on any atom is 0.335 e. The third kappa shape index (κ3) is 4.34. The fourth-order valence-corrected chi connectivity index (χ4v) is 3.26. The Morgan fingerprint density at radius 1 is 1.11 bits per heavy atom. The Morgan fingerprint density at radius 2 is 1.85 bits per heavy atom. The molecule has 2 N–H and O–H groups in total. The van der Waals surface area contributed by atoms with E-state index in [0.29, 0.717) is 25.1 Å². The molecule has 27 heavy (non-hydrogen) atoms. The number of rotatable bonds is 6. The van der Waals surface area contributed by atoms with E-state index in [9.17, 15) is 14.4 Å². The molecule has 6 nitrogen and oxygen atoms in total. The summed E-state index contributed by atoms with van der Waals surface area (Å²) in [7, 11) is 0. The van der Waals surface area contributed by atoms with Crippen LogP contribution in [0.25, 0.3) is 0 Å². The van der Waals surface area contributed by atoms with Gasteiger partial charge in [-0.3, -0.25) is 9.59 Å². The molecule has 0 unspecified atom stereocenters. The molecule has 0 atom stereocenters. The maximum absolute atomic E-state index is 12.3. The van der Waals surface area contributed by atoms with Crippen molar-refractivity contribution in [2.75, 3.05) is 16.8 Å². The second-order valence-corrected chi connectivity index (χ2v) is 6.62. The minimum absolute atomic E-state index is 0.144. The first kappa shape index (κ1) is 18.6. The molecule has 1 aliphatic rings. The molecule has 1 heterocycles. The molecule has 0 saturated carbocycles. The fraction of sp³-hybridized carbons (Fsp3) is 0.286. The van der Waals surface area contributed by atoms with Gasteiger partial charge < -0.3 is 15.3 Å². The zero-order valence-corrected chi connectivity index (χ0v) is 15.2. The minimum Gasteiger partial charge on any atom is -0.478 e. The molecule has 0 aromatic heterocycles. The number of amides is 2. The molecule has 0 bridgehead atoms. The summed E-state index contributed by atoms with van der Waals surface area (Å²) in [6, 6.07) is 11.9. The topological polar surface area (TPSA) is 86.7 Å². The van der Waals surface area contributed by atoms with Crippen LogP contribution in [-0.2, 0) is 22.4 Å². The number of carbonyl (C=O) groups is 3. The molecule has 2 amide bonds. The molecular weight excluding hydrogens is 344 g/mol. The molecule has 0 aliphatic carbocycles. The number of hydrogen-bond acceptors (Lipinski definition) is 3. The Labute approximate surface area is 157 Å². The van der Waals surface area contributed by atoms with Gasteiger partial charge >= 0.3 is 5.97 Å². The average molecular weight is 366 g/mol. The van der Waals surface area contributed by atoms with E-state index in [4.69, 9.17) is 5.11 Å². The van der Waals surface area contributed by atoms with Crippen molar-refractivity contribution in [2.45, 2.75) is 32.6 Å². The predicted molar refractivity (Wildman–Crippen MR) is 103 cm³/mol. The van der Waals surface area contributed by atoms with Gasteiger partial charge in [0, 0.05) is 24.3 Å². The van der Waals surface area contributed by atoms with Gasteiger partial charge in [0.25, 0.3) is 0 Å². The third-order valence-corrected chi connectivity index (χ3v) is 4.58. The van der Waals surface area contributed by atoms with Gasteiger partial charge in [-0.15, -0.1) is 0 Å². The molecule has 2 aromatic carbocycles. The zero-order chi connectivity index (χ0) is 19.4. The first-order chi connectivity index (χ1) is 13.0. The largest absolute Gasteiger partial charge is 0.478 e. The lowest BCUT2D eigenvalue weighted by atomic mass is 10.00. The van der Waals surface area contributed by atoms with E-state index in [0.717, 1.165) is 23.2 Å². The van der Waals surface area contributed by atoms with Gasteiger partial charge in [-0.2, -0.15) is 0 Å². The molecule has 0 spiro atoms. The summed E-state index contributed by atoms with van der Waals surface area (Å²) in [6.45, 7) is 2.74. The SMILES string of the molecule is CCCN1C(=O)CCc2cc(NC(=O)Cc3ccc(C(=O)O)cc3)ccc21. The summed E-state index contributed by atoms with van der Waals surface area (Å²) in [6.07, 6.45) is 2.22. The van der Waals surface area contributed by atoms with Crippen LogP contribution in [0.4, 0.5) is 11.4 Å². The fourth-order valence-electron chi connectivity index (χ4n) is 3.26. The van der Waals surface area contributed by atoms with Crippen LogP contribution in [0.15, 0.2) is 42.5 Å². The van der Waals surface area contributed by atoms with Crippen LogP contribution in [0.1, 0.15) is 41.3 Å². The normalized spacial score (nSPS) is 13.2. The van der Waals surface area contributed by atoms with Crippen molar-refractivity contribution in [1.82, 2.24) is 0 Å². The van der Waals surface area contributed by atoms with Crippen LogP contribution >= 0.6 is 0 Å². The number of benzene rings is 2. The molecule has 0 saturated heterocycles. The second kappa shape index (κ2) is 8.03. The Balaban J connectivity index is 1.68. The number of hydrogen-bond donors (Lipinski definition) is 2. The van der Waals surface area contributed by atoms with E-state index in [1.807, 2.05) is 30.0 Å². The lowest BCUT2D eigenvalue weighted by Gasteiger charge is -2.29. The van der Waals surface area contributed by atoms with E-state index < -0.39 is 5.97 Å². The number of fused-ring (bicyclic) bond motifs is 1. The molecule has 3 rings (SSSR count). The summed E-state index contributed by atoms with van der Waals surface area (Å²) in [5.41, 5.74) is 3.63. The summed E-state index contributed by atoms with van der Waals surface area (Å²) in [5, 5.41) is 11.8. The van der Waals surface area contributed by atoms with Gasteiger partial charge in [0.15, 0.2) is 0 Å². The summed E-state index contributed by atoms with van der Waals surface area (Å²) >= 11 is 0. The van der Waals surface area contributed by atoms with Crippen molar-refractivity contribution in [3.05, 3.63) is 59.2 Å². The molecule has 0 fully saturated rings. The van der Waals surface area contributed by atoms with Gasteiger partial charge in [0.05, 0.1) is 12.0 Å². The van der Waals surface area contributed by atoms with Crippen LogP contribution in [0.3, 0.4) is 0 Å². The highest BCUT2D eigenvalue weighted by Crippen LogP contribution is 2.30. The standard InChI is InChI=1S/C21H22N2O4/c1-2-11-23-18-9-8-17(13-16(18)7-10-20(23)25)22-19(24)12-14-3-5-15(6-4-14)21(26)27/h3-6,8-9,13H,2,7,10-12H2,1H3,(H,22,24)(H,26,27). The van der Waals surface area contributed by atoms with E-state index >= 15 is 0 Å². The predicted octanol–water partition coefficient (Wildman–Crippen LogP) is 3.26. The highest BCUT2D eigenvalue weighted by Gasteiger charge is 2.23. The van der Waals surface area contributed by atoms with Crippen molar-refractivity contribution in [3.8, 4) is 0 Å². The van der Waals surface area contributed by atoms with Crippen LogP contribution in [-0.4, -0.2) is 29.4 Å². The second-order valence-electron chi connectivity index (χ2n) is 6.62. The number of aromatic carboxylic acids is 1. The molecule has 2 aromatic rings. The van der Waals surface area contributed by atoms with Crippen molar-refractivity contribution in [2.24, 2.45) is 0 Å². The van der Waals surface area contributed by atoms with E-state index in [1.54, 1.807) is 12.1 Å². The highest BCUT2D eigenvalue weighted by molar-refractivity contribution is 5.98. The number of nitrogens with zero attached hydrogens (tertiary/aromatic N) is 1. The minimum atomic E-state index is -0.990. The van der Waals surface area contributed by atoms with E-state index in [2.05, 4.69) is 5.32 Å². The quantitative estimate of drug-likeness (QED) is 0.822. The van der Waals surface area contributed by atoms with Crippen molar-refractivity contribution < 1.29 is 19.5 Å². The molecule has 6 heteroatoms. The highest BCUT2D eigenvalue weighted by atomic mass is 16.4. The number of nitrogens with one attached hydrogen (secondary N) is 1. The Bertz CT molecular complexity index is 874. The number of carboxylic acid groups (broad SMARTS) is 1. The lowest BCUT2D eigenvalue weighted by Crippen LogP contribution is -2.35. The first-order valence-electron chi connectivity index (χ1n) is 9.03. The van der Waals surface area contributed by atoms with Gasteiger partial charge in [-0.05, 0) is 54.3 Å². The van der Waals surface area contributed by atoms with E-state index in [1.165, 1.54) is 12.1 Å². The number of carboxylic acids is 1. The number of carbonyl (C=O) groups excluding carboxylic acids is 2. The monoisotopic (exact) mass is 366 g/mol. The van der Waals surface area contributed by atoms with Crippen LogP contribution in [0.2, 0.25) is 0 Å². The van der Waals surface area contributed by atoms with Gasteiger partial charge in [-0.1, -0.05) is 19.1 Å². The Hall–Kier alpha value is -3.15. The van der Waals surface area contributed by atoms with Gasteiger partial charge in [0.2, 0.25) is 11.8 Å². The van der Waals surface area contributed by atoms with Crippen molar-refractivity contribution >= 4 is 29.2 Å². The molecule has 140 valence electrons.